The summed E-state index contributed by atoms with van der Waals surface area (Å²) in [4.78, 5) is 6.94. The number of rotatable bonds is 1. The molecule has 2 heterocycles. The van der Waals surface area contributed by atoms with Gasteiger partial charge in [-0.1, -0.05) is 13.8 Å². The van der Waals surface area contributed by atoms with E-state index in [9.17, 15) is 0 Å². The molecule has 0 saturated carbocycles. The van der Waals surface area contributed by atoms with E-state index in [-0.39, 0.29) is 0 Å². The number of aryl methyl sites for hydroxylation is 1. The molecule has 0 radical (unpaired) electrons. The third-order valence-electron chi connectivity index (χ3n) is 3.16. The molecule has 2 rings (SSSR count). The summed E-state index contributed by atoms with van der Waals surface area (Å²) in [5.41, 5.74) is 1.61. The van der Waals surface area contributed by atoms with E-state index in [0.29, 0.717) is 5.41 Å². The van der Waals surface area contributed by atoms with Gasteiger partial charge in [0.05, 0.1) is 4.47 Å². The maximum Gasteiger partial charge on any atom is 0.142 e. The van der Waals surface area contributed by atoms with Gasteiger partial charge in [0, 0.05) is 19.3 Å². The number of halogens is 1. The molecule has 1 aliphatic heterocycles. The number of nitrogens with zero attached hydrogens (tertiary/aromatic N) is 2. The molecule has 1 aliphatic rings. The van der Waals surface area contributed by atoms with Crippen LogP contribution in [-0.4, -0.2) is 18.1 Å². The summed E-state index contributed by atoms with van der Waals surface area (Å²) in [6.45, 7) is 8.96. The highest BCUT2D eigenvalue weighted by molar-refractivity contribution is 9.10. The van der Waals surface area contributed by atoms with Crippen LogP contribution in [-0.2, 0) is 0 Å². The van der Waals surface area contributed by atoms with Gasteiger partial charge in [0.25, 0.3) is 0 Å². The third-order valence-corrected chi connectivity index (χ3v) is 3.74. The Morgan fingerprint density at radius 1 is 1.44 bits per heavy atom. The smallest absolute Gasteiger partial charge is 0.142 e. The molecule has 0 aliphatic carbocycles. The summed E-state index contributed by atoms with van der Waals surface area (Å²) in [6.07, 6.45) is 4.52. The molecule has 0 spiro atoms. The molecule has 0 N–H and O–H groups in total. The second-order valence-corrected chi connectivity index (χ2v) is 6.36. The largest absolute Gasteiger partial charge is 0.355 e. The highest BCUT2D eigenvalue weighted by atomic mass is 79.9. The fraction of sp³-hybridized carbons (Fsp3) is 0.615. The summed E-state index contributed by atoms with van der Waals surface area (Å²) < 4.78 is 1.12. The zero-order valence-corrected chi connectivity index (χ0v) is 11.8. The summed E-state index contributed by atoms with van der Waals surface area (Å²) in [5, 5.41) is 0. The molecule has 0 aromatic carbocycles. The molecule has 0 bridgehead atoms. The molecule has 0 atom stereocenters. The predicted molar refractivity (Wildman–Crippen MR) is 71.9 cm³/mol. The van der Waals surface area contributed by atoms with E-state index in [0.717, 1.165) is 23.4 Å². The van der Waals surface area contributed by atoms with Crippen LogP contribution in [0.5, 0.6) is 0 Å². The predicted octanol–water partition coefficient (Wildman–Crippen LogP) is 3.78. The Hall–Kier alpha value is -0.570. The standard InChI is InChI=1S/C13H19BrN2/c1-10-7-11(14)12(15-8-10)16-6-4-5-13(2,3)9-16/h7-8H,4-6,9H2,1-3H3. The van der Waals surface area contributed by atoms with Crippen molar-refractivity contribution >= 4 is 21.7 Å². The zero-order valence-electron chi connectivity index (χ0n) is 10.3. The van der Waals surface area contributed by atoms with Gasteiger partial charge >= 0.3 is 0 Å². The van der Waals surface area contributed by atoms with Crippen molar-refractivity contribution in [3.8, 4) is 0 Å². The lowest BCUT2D eigenvalue weighted by Crippen LogP contribution is -2.40. The van der Waals surface area contributed by atoms with Gasteiger partial charge in [-0.05, 0) is 52.7 Å². The van der Waals surface area contributed by atoms with Crippen LogP contribution in [0.3, 0.4) is 0 Å². The fourth-order valence-corrected chi connectivity index (χ4v) is 3.08. The Bertz CT molecular complexity index is 388. The molecule has 1 aromatic rings. The van der Waals surface area contributed by atoms with E-state index < -0.39 is 0 Å². The van der Waals surface area contributed by atoms with Gasteiger partial charge in [-0.15, -0.1) is 0 Å². The van der Waals surface area contributed by atoms with E-state index in [1.807, 2.05) is 6.20 Å². The van der Waals surface area contributed by atoms with E-state index in [1.165, 1.54) is 18.4 Å². The fourth-order valence-electron chi connectivity index (χ4n) is 2.36. The number of hydrogen-bond acceptors (Lipinski definition) is 2. The van der Waals surface area contributed by atoms with Crippen LogP contribution >= 0.6 is 15.9 Å². The highest BCUT2D eigenvalue weighted by Crippen LogP contribution is 2.33. The monoisotopic (exact) mass is 282 g/mol. The van der Waals surface area contributed by atoms with Crippen LogP contribution in [0.15, 0.2) is 16.7 Å². The zero-order chi connectivity index (χ0) is 11.8. The first-order valence-corrected chi connectivity index (χ1v) is 6.64. The SMILES string of the molecule is Cc1cnc(N2CCCC(C)(C)C2)c(Br)c1. The van der Waals surface area contributed by atoms with Gasteiger partial charge in [0.1, 0.15) is 5.82 Å². The van der Waals surface area contributed by atoms with Crippen molar-refractivity contribution < 1.29 is 0 Å². The topological polar surface area (TPSA) is 16.1 Å². The lowest BCUT2D eigenvalue weighted by molar-refractivity contribution is 0.292. The average molecular weight is 283 g/mol. The van der Waals surface area contributed by atoms with Crippen LogP contribution in [0.2, 0.25) is 0 Å². The quantitative estimate of drug-likeness (QED) is 0.779. The molecule has 1 saturated heterocycles. The van der Waals surface area contributed by atoms with Crippen molar-refractivity contribution in [1.29, 1.82) is 0 Å². The first-order valence-electron chi connectivity index (χ1n) is 5.85. The first kappa shape index (κ1) is 11.9. The Morgan fingerprint density at radius 3 is 2.81 bits per heavy atom. The second-order valence-electron chi connectivity index (χ2n) is 5.51. The molecule has 16 heavy (non-hydrogen) atoms. The van der Waals surface area contributed by atoms with Gasteiger partial charge in [-0.2, -0.15) is 0 Å². The van der Waals surface area contributed by atoms with Crippen molar-refractivity contribution in [2.24, 2.45) is 5.41 Å². The van der Waals surface area contributed by atoms with E-state index >= 15 is 0 Å². The molecule has 3 heteroatoms. The first-order chi connectivity index (χ1) is 7.48. The van der Waals surface area contributed by atoms with Crippen LogP contribution in [0.25, 0.3) is 0 Å². The van der Waals surface area contributed by atoms with E-state index in [2.05, 4.69) is 52.7 Å². The normalized spacial score (nSPS) is 19.9. The minimum absolute atomic E-state index is 0.407. The molecular formula is C13H19BrN2. The number of pyridine rings is 1. The number of aromatic nitrogens is 1. The molecule has 0 amide bonds. The molecule has 2 nitrogen and oxygen atoms in total. The number of piperidine rings is 1. The highest BCUT2D eigenvalue weighted by Gasteiger charge is 2.27. The third kappa shape index (κ3) is 2.57. The van der Waals surface area contributed by atoms with Crippen LogP contribution in [0, 0.1) is 12.3 Å². The summed E-state index contributed by atoms with van der Waals surface area (Å²) in [7, 11) is 0. The molecular weight excluding hydrogens is 264 g/mol. The van der Waals surface area contributed by atoms with Gasteiger partial charge in [-0.25, -0.2) is 4.98 Å². The Kier molecular flexibility index (Phi) is 3.24. The van der Waals surface area contributed by atoms with Gasteiger partial charge in [-0.3, -0.25) is 0 Å². The van der Waals surface area contributed by atoms with E-state index in [4.69, 9.17) is 0 Å². The lowest BCUT2D eigenvalue weighted by atomic mass is 9.84. The van der Waals surface area contributed by atoms with Crippen LogP contribution < -0.4 is 4.90 Å². The van der Waals surface area contributed by atoms with Gasteiger partial charge < -0.3 is 4.90 Å². The summed E-state index contributed by atoms with van der Waals surface area (Å²) in [6, 6.07) is 2.14. The van der Waals surface area contributed by atoms with Gasteiger partial charge in [0.15, 0.2) is 0 Å². The van der Waals surface area contributed by atoms with Crippen molar-refractivity contribution in [2.45, 2.75) is 33.6 Å². The molecule has 1 fully saturated rings. The summed E-state index contributed by atoms with van der Waals surface area (Å²) >= 11 is 3.62. The Balaban J connectivity index is 2.23. The minimum Gasteiger partial charge on any atom is -0.355 e. The lowest BCUT2D eigenvalue weighted by Gasteiger charge is -2.39. The maximum atomic E-state index is 4.55. The van der Waals surface area contributed by atoms with Crippen molar-refractivity contribution in [1.82, 2.24) is 4.98 Å². The minimum atomic E-state index is 0.407. The number of anilines is 1. The Labute approximate surface area is 106 Å². The average Bonchev–Trinajstić information content (AvgIpc) is 2.15. The van der Waals surface area contributed by atoms with Crippen molar-refractivity contribution in [3.05, 3.63) is 22.3 Å². The molecule has 1 aromatic heterocycles. The maximum absolute atomic E-state index is 4.55. The second kappa shape index (κ2) is 4.36. The van der Waals surface area contributed by atoms with Gasteiger partial charge in [0.2, 0.25) is 0 Å². The van der Waals surface area contributed by atoms with Crippen molar-refractivity contribution in [3.63, 3.8) is 0 Å². The number of hydrogen-bond donors (Lipinski definition) is 0. The van der Waals surface area contributed by atoms with Crippen molar-refractivity contribution in [2.75, 3.05) is 18.0 Å². The molecule has 88 valence electrons. The summed E-state index contributed by atoms with van der Waals surface area (Å²) in [5.74, 6) is 1.10. The molecule has 0 unspecified atom stereocenters. The van der Waals surface area contributed by atoms with Crippen LogP contribution in [0.1, 0.15) is 32.3 Å². The van der Waals surface area contributed by atoms with Crippen LogP contribution in [0.4, 0.5) is 5.82 Å². The van der Waals surface area contributed by atoms with E-state index in [1.54, 1.807) is 0 Å². The Morgan fingerprint density at radius 2 is 2.19 bits per heavy atom.